The Kier molecular flexibility index (Phi) is 3.33. The number of rotatable bonds is 2. The van der Waals surface area contributed by atoms with Crippen molar-refractivity contribution in [2.45, 2.75) is 45.6 Å². The van der Waals surface area contributed by atoms with E-state index in [1.165, 1.54) is 25.1 Å². The van der Waals surface area contributed by atoms with Crippen molar-refractivity contribution in [3.63, 3.8) is 0 Å². The lowest BCUT2D eigenvalue weighted by Crippen LogP contribution is -2.33. The predicted molar refractivity (Wildman–Crippen MR) is 66.5 cm³/mol. The molecule has 0 aliphatic carbocycles. The molecule has 0 saturated carbocycles. The summed E-state index contributed by atoms with van der Waals surface area (Å²) in [4.78, 5) is 4.30. The number of piperidine rings is 1. The van der Waals surface area contributed by atoms with E-state index in [2.05, 4.69) is 35.6 Å². The van der Waals surface area contributed by atoms with Crippen molar-refractivity contribution < 1.29 is 0 Å². The van der Waals surface area contributed by atoms with E-state index in [-0.39, 0.29) is 5.41 Å². The minimum absolute atomic E-state index is 0.193. The molecule has 3 nitrogen and oxygen atoms in total. The Balaban J connectivity index is 2.06. The minimum atomic E-state index is 0.193. The fourth-order valence-electron chi connectivity index (χ4n) is 2.45. The van der Waals surface area contributed by atoms with Gasteiger partial charge in [-0.05, 0) is 31.8 Å². The molecular formula is C13H23N3. The van der Waals surface area contributed by atoms with E-state index >= 15 is 0 Å². The Morgan fingerprint density at radius 1 is 1.50 bits per heavy atom. The molecular weight excluding hydrogens is 198 g/mol. The topological polar surface area (TPSA) is 29.9 Å². The molecule has 2 heterocycles. The van der Waals surface area contributed by atoms with Crippen molar-refractivity contribution in [2.24, 2.45) is 5.92 Å². The predicted octanol–water partition coefficient (Wildman–Crippen LogP) is 2.18. The molecule has 1 aliphatic heterocycles. The SMILES string of the molecule is CC(C)(C)c1cncn1CC1CCCNC1. The number of aromatic nitrogens is 2. The van der Waals surface area contributed by atoms with Gasteiger partial charge in [-0.1, -0.05) is 20.8 Å². The third-order valence-corrected chi connectivity index (χ3v) is 3.33. The van der Waals surface area contributed by atoms with Crippen LogP contribution in [-0.2, 0) is 12.0 Å². The van der Waals surface area contributed by atoms with Crippen LogP contribution in [0.3, 0.4) is 0 Å². The van der Waals surface area contributed by atoms with Crippen LogP contribution in [-0.4, -0.2) is 22.6 Å². The molecule has 1 unspecified atom stereocenters. The van der Waals surface area contributed by atoms with Gasteiger partial charge in [-0.3, -0.25) is 0 Å². The molecule has 0 amide bonds. The first-order valence-electron chi connectivity index (χ1n) is 6.28. The highest BCUT2D eigenvalue weighted by atomic mass is 15.1. The number of nitrogens with zero attached hydrogens (tertiary/aromatic N) is 2. The van der Waals surface area contributed by atoms with Gasteiger partial charge in [0.15, 0.2) is 0 Å². The molecule has 1 atom stereocenters. The summed E-state index contributed by atoms with van der Waals surface area (Å²) >= 11 is 0. The van der Waals surface area contributed by atoms with Crippen molar-refractivity contribution in [1.29, 1.82) is 0 Å². The summed E-state index contributed by atoms with van der Waals surface area (Å²) in [6.07, 6.45) is 6.64. The summed E-state index contributed by atoms with van der Waals surface area (Å²) in [5.74, 6) is 0.768. The van der Waals surface area contributed by atoms with Gasteiger partial charge in [0.05, 0.1) is 6.33 Å². The lowest BCUT2D eigenvalue weighted by molar-refractivity contribution is 0.328. The van der Waals surface area contributed by atoms with Gasteiger partial charge in [0.25, 0.3) is 0 Å². The number of hydrogen-bond acceptors (Lipinski definition) is 2. The quantitative estimate of drug-likeness (QED) is 0.829. The van der Waals surface area contributed by atoms with Crippen LogP contribution >= 0.6 is 0 Å². The van der Waals surface area contributed by atoms with Gasteiger partial charge in [-0.15, -0.1) is 0 Å². The average molecular weight is 221 g/mol. The molecule has 1 saturated heterocycles. The van der Waals surface area contributed by atoms with Crippen molar-refractivity contribution in [2.75, 3.05) is 13.1 Å². The maximum absolute atomic E-state index is 4.30. The van der Waals surface area contributed by atoms with Gasteiger partial charge in [0.2, 0.25) is 0 Å². The highest BCUT2D eigenvalue weighted by Crippen LogP contribution is 2.23. The van der Waals surface area contributed by atoms with Crippen molar-refractivity contribution in [1.82, 2.24) is 14.9 Å². The second-order valence-electron chi connectivity index (χ2n) is 5.89. The molecule has 1 aromatic rings. The van der Waals surface area contributed by atoms with E-state index < -0.39 is 0 Å². The molecule has 0 aromatic carbocycles. The molecule has 16 heavy (non-hydrogen) atoms. The number of hydrogen-bond donors (Lipinski definition) is 1. The van der Waals surface area contributed by atoms with Crippen LogP contribution in [0.15, 0.2) is 12.5 Å². The first-order chi connectivity index (χ1) is 7.57. The van der Waals surface area contributed by atoms with Gasteiger partial charge in [0, 0.05) is 23.9 Å². The molecule has 3 heteroatoms. The van der Waals surface area contributed by atoms with E-state index in [0.717, 1.165) is 19.0 Å². The van der Waals surface area contributed by atoms with E-state index in [9.17, 15) is 0 Å². The van der Waals surface area contributed by atoms with Crippen LogP contribution in [0, 0.1) is 5.92 Å². The van der Waals surface area contributed by atoms with Crippen LogP contribution in [0.25, 0.3) is 0 Å². The average Bonchev–Trinajstić information content (AvgIpc) is 2.67. The summed E-state index contributed by atoms with van der Waals surface area (Å²) in [6, 6.07) is 0. The maximum atomic E-state index is 4.30. The molecule has 1 aliphatic rings. The Bertz CT molecular complexity index is 329. The van der Waals surface area contributed by atoms with Crippen LogP contribution in [0.5, 0.6) is 0 Å². The fraction of sp³-hybridized carbons (Fsp3) is 0.769. The normalized spacial score (nSPS) is 22.3. The Hall–Kier alpha value is -0.830. The lowest BCUT2D eigenvalue weighted by atomic mass is 9.92. The van der Waals surface area contributed by atoms with Gasteiger partial charge < -0.3 is 9.88 Å². The summed E-state index contributed by atoms with van der Waals surface area (Å²) in [7, 11) is 0. The third-order valence-electron chi connectivity index (χ3n) is 3.33. The van der Waals surface area contributed by atoms with E-state index in [0.29, 0.717) is 0 Å². The van der Waals surface area contributed by atoms with Crippen molar-refractivity contribution in [3.8, 4) is 0 Å². The Morgan fingerprint density at radius 3 is 2.94 bits per heavy atom. The summed E-state index contributed by atoms with van der Waals surface area (Å²) < 4.78 is 2.33. The van der Waals surface area contributed by atoms with E-state index in [1.54, 1.807) is 0 Å². The fourth-order valence-corrected chi connectivity index (χ4v) is 2.45. The summed E-state index contributed by atoms with van der Waals surface area (Å²) in [5.41, 5.74) is 1.54. The zero-order valence-corrected chi connectivity index (χ0v) is 10.7. The minimum Gasteiger partial charge on any atom is -0.334 e. The third kappa shape index (κ3) is 2.64. The largest absolute Gasteiger partial charge is 0.334 e. The smallest absolute Gasteiger partial charge is 0.0948 e. The first kappa shape index (κ1) is 11.6. The van der Waals surface area contributed by atoms with Gasteiger partial charge >= 0.3 is 0 Å². The molecule has 1 N–H and O–H groups in total. The standard InChI is InChI=1S/C13H23N3/c1-13(2,3)12-8-15-10-16(12)9-11-5-4-6-14-7-11/h8,10-11,14H,4-7,9H2,1-3H3. The molecule has 90 valence electrons. The van der Waals surface area contributed by atoms with Crippen LogP contribution in [0.2, 0.25) is 0 Å². The van der Waals surface area contributed by atoms with Crippen molar-refractivity contribution in [3.05, 3.63) is 18.2 Å². The Labute approximate surface area is 98.3 Å². The number of nitrogens with one attached hydrogen (secondary N) is 1. The zero-order valence-electron chi connectivity index (χ0n) is 10.7. The van der Waals surface area contributed by atoms with E-state index in [1.807, 2.05) is 12.5 Å². The monoisotopic (exact) mass is 221 g/mol. The lowest BCUT2D eigenvalue weighted by Gasteiger charge is -2.26. The van der Waals surface area contributed by atoms with Crippen LogP contribution in [0.4, 0.5) is 0 Å². The zero-order chi connectivity index (χ0) is 11.6. The van der Waals surface area contributed by atoms with Gasteiger partial charge in [-0.25, -0.2) is 4.98 Å². The highest BCUT2D eigenvalue weighted by molar-refractivity contribution is 5.10. The molecule has 0 radical (unpaired) electrons. The van der Waals surface area contributed by atoms with Crippen molar-refractivity contribution >= 4 is 0 Å². The molecule has 2 rings (SSSR count). The van der Waals surface area contributed by atoms with Gasteiger partial charge in [-0.2, -0.15) is 0 Å². The summed E-state index contributed by atoms with van der Waals surface area (Å²) in [5, 5.41) is 3.47. The molecule has 1 fully saturated rings. The maximum Gasteiger partial charge on any atom is 0.0948 e. The Morgan fingerprint density at radius 2 is 2.31 bits per heavy atom. The highest BCUT2D eigenvalue weighted by Gasteiger charge is 2.21. The second kappa shape index (κ2) is 4.58. The summed E-state index contributed by atoms with van der Waals surface area (Å²) in [6.45, 7) is 10.2. The van der Waals surface area contributed by atoms with Gasteiger partial charge in [0.1, 0.15) is 0 Å². The van der Waals surface area contributed by atoms with Crippen LogP contribution < -0.4 is 5.32 Å². The first-order valence-corrected chi connectivity index (χ1v) is 6.28. The van der Waals surface area contributed by atoms with Crippen LogP contribution in [0.1, 0.15) is 39.3 Å². The number of imidazole rings is 1. The molecule has 1 aromatic heterocycles. The second-order valence-corrected chi connectivity index (χ2v) is 5.89. The molecule has 0 spiro atoms. The van der Waals surface area contributed by atoms with E-state index in [4.69, 9.17) is 0 Å². The molecule has 0 bridgehead atoms.